The van der Waals surface area contributed by atoms with Gasteiger partial charge in [-0.15, -0.1) is 0 Å². The van der Waals surface area contributed by atoms with E-state index in [1.54, 1.807) is 46.8 Å². The molecular weight excluding hydrogens is 382 g/mol. The predicted molar refractivity (Wildman–Crippen MR) is 113 cm³/mol. The average Bonchev–Trinajstić information content (AvgIpc) is 3.18. The first-order valence-corrected chi connectivity index (χ1v) is 10.3. The predicted octanol–water partition coefficient (Wildman–Crippen LogP) is 3.27. The summed E-state index contributed by atoms with van der Waals surface area (Å²) in [6, 6.07) is 10.4. The zero-order valence-electron chi connectivity index (χ0n) is 18.1. The summed E-state index contributed by atoms with van der Waals surface area (Å²) in [5, 5.41) is 0. The van der Waals surface area contributed by atoms with Crippen molar-refractivity contribution in [2.24, 2.45) is 7.05 Å². The second kappa shape index (κ2) is 9.15. The lowest BCUT2D eigenvalue weighted by Crippen LogP contribution is -2.39. The number of amides is 2. The fraction of sp³-hybridized carbons (Fsp3) is 0.435. The summed E-state index contributed by atoms with van der Waals surface area (Å²) in [6.07, 6.45) is 2.75. The van der Waals surface area contributed by atoms with Crippen molar-refractivity contribution in [3.8, 4) is 0 Å². The van der Waals surface area contributed by atoms with Crippen LogP contribution in [0, 0.1) is 0 Å². The maximum absolute atomic E-state index is 13.4. The van der Waals surface area contributed by atoms with E-state index in [4.69, 9.17) is 4.74 Å². The van der Waals surface area contributed by atoms with Crippen LogP contribution < -0.4 is 0 Å². The summed E-state index contributed by atoms with van der Waals surface area (Å²) in [5.74, 6) is -0.606. The molecular formula is C23H29N3O4. The van der Waals surface area contributed by atoms with Gasteiger partial charge in [0.05, 0.1) is 13.2 Å². The van der Waals surface area contributed by atoms with Gasteiger partial charge in [0.25, 0.3) is 11.8 Å². The lowest BCUT2D eigenvalue weighted by Gasteiger charge is -2.36. The number of hydrogen-bond acceptors (Lipinski definition) is 4. The van der Waals surface area contributed by atoms with E-state index in [9.17, 15) is 14.4 Å². The Morgan fingerprint density at radius 1 is 1.13 bits per heavy atom. The second-order valence-electron chi connectivity index (χ2n) is 7.60. The monoisotopic (exact) mass is 411 g/mol. The van der Waals surface area contributed by atoms with Gasteiger partial charge in [-0.05, 0) is 56.5 Å². The highest BCUT2D eigenvalue weighted by Gasteiger charge is 2.31. The lowest BCUT2D eigenvalue weighted by atomic mass is 9.97. The third-order valence-electron chi connectivity index (χ3n) is 5.84. The van der Waals surface area contributed by atoms with E-state index in [1.807, 2.05) is 24.9 Å². The fourth-order valence-corrected chi connectivity index (χ4v) is 3.97. The summed E-state index contributed by atoms with van der Waals surface area (Å²) in [5.41, 5.74) is 2.37. The number of nitrogens with zero attached hydrogens (tertiary/aromatic N) is 3. The van der Waals surface area contributed by atoms with Crippen molar-refractivity contribution in [2.75, 3.05) is 27.2 Å². The minimum absolute atomic E-state index is 0.102. The van der Waals surface area contributed by atoms with Crippen molar-refractivity contribution in [1.29, 1.82) is 0 Å². The molecule has 0 N–H and O–H groups in total. The molecule has 2 amide bonds. The first-order valence-electron chi connectivity index (χ1n) is 10.3. The second-order valence-corrected chi connectivity index (χ2v) is 7.60. The highest BCUT2D eigenvalue weighted by Crippen LogP contribution is 2.33. The van der Waals surface area contributed by atoms with Crippen LogP contribution >= 0.6 is 0 Å². The molecule has 1 aromatic carbocycles. The number of piperidine rings is 1. The van der Waals surface area contributed by atoms with Gasteiger partial charge in [-0.1, -0.05) is 6.07 Å². The van der Waals surface area contributed by atoms with Crippen molar-refractivity contribution >= 4 is 17.8 Å². The molecule has 1 atom stereocenters. The number of benzene rings is 1. The van der Waals surface area contributed by atoms with Crippen LogP contribution in [0.2, 0.25) is 0 Å². The Bertz CT molecular complexity index is 950. The van der Waals surface area contributed by atoms with Crippen LogP contribution in [0.4, 0.5) is 0 Å². The molecule has 30 heavy (non-hydrogen) atoms. The van der Waals surface area contributed by atoms with Crippen molar-refractivity contribution in [3.63, 3.8) is 0 Å². The van der Waals surface area contributed by atoms with E-state index >= 15 is 0 Å². The van der Waals surface area contributed by atoms with Crippen LogP contribution in [0.15, 0.2) is 36.4 Å². The largest absolute Gasteiger partial charge is 0.464 e. The van der Waals surface area contributed by atoms with Crippen LogP contribution in [0.3, 0.4) is 0 Å². The third kappa shape index (κ3) is 4.10. The molecule has 2 heterocycles. The topological polar surface area (TPSA) is 71.8 Å². The van der Waals surface area contributed by atoms with Crippen molar-refractivity contribution in [1.82, 2.24) is 14.4 Å². The molecule has 0 radical (unpaired) electrons. The van der Waals surface area contributed by atoms with Gasteiger partial charge in [0.2, 0.25) is 0 Å². The number of hydrogen-bond donors (Lipinski definition) is 0. The summed E-state index contributed by atoms with van der Waals surface area (Å²) >= 11 is 0. The van der Waals surface area contributed by atoms with Gasteiger partial charge in [0.15, 0.2) is 0 Å². The van der Waals surface area contributed by atoms with E-state index in [-0.39, 0.29) is 17.9 Å². The Morgan fingerprint density at radius 2 is 1.87 bits per heavy atom. The average molecular weight is 412 g/mol. The van der Waals surface area contributed by atoms with Crippen LogP contribution in [0.25, 0.3) is 0 Å². The van der Waals surface area contributed by atoms with Crippen LogP contribution in [0.5, 0.6) is 0 Å². The molecule has 0 saturated carbocycles. The Labute approximate surface area is 177 Å². The number of carbonyl (C=O) groups is 3. The molecule has 1 aliphatic heterocycles. The maximum Gasteiger partial charge on any atom is 0.354 e. The van der Waals surface area contributed by atoms with Gasteiger partial charge in [-0.25, -0.2) is 4.79 Å². The first-order chi connectivity index (χ1) is 14.4. The van der Waals surface area contributed by atoms with E-state index in [0.29, 0.717) is 29.9 Å². The quantitative estimate of drug-likeness (QED) is 0.708. The van der Waals surface area contributed by atoms with E-state index < -0.39 is 5.97 Å². The van der Waals surface area contributed by atoms with E-state index in [1.165, 1.54) is 7.11 Å². The molecule has 1 aromatic heterocycles. The van der Waals surface area contributed by atoms with Crippen LogP contribution in [0.1, 0.15) is 69.1 Å². The number of aromatic nitrogens is 1. The third-order valence-corrected chi connectivity index (χ3v) is 5.84. The Balaban J connectivity index is 1.90. The van der Waals surface area contributed by atoms with Crippen molar-refractivity contribution < 1.29 is 19.1 Å². The minimum atomic E-state index is -0.399. The molecule has 1 fully saturated rings. The number of esters is 1. The van der Waals surface area contributed by atoms with Gasteiger partial charge in [-0.3, -0.25) is 9.59 Å². The molecule has 1 aliphatic rings. The van der Waals surface area contributed by atoms with Gasteiger partial charge >= 0.3 is 5.97 Å². The molecule has 2 aromatic rings. The molecule has 0 aliphatic carbocycles. The molecule has 1 saturated heterocycles. The Hall–Kier alpha value is -3.09. The van der Waals surface area contributed by atoms with Gasteiger partial charge in [0.1, 0.15) is 5.69 Å². The molecule has 160 valence electrons. The number of carbonyl (C=O) groups excluding carboxylic acids is 3. The highest BCUT2D eigenvalue weighted by atomic mass is 16.5. The number of methoxy groups -OCH3 is 1. The Kier molecular flexibility index (Phi) is 6.59. The zero-order chi connectivity index (χ0) is 21.8. The lowest BCUT2D eigenvalue weighted by molar-refractivity contribution is 0.0584. The summed E-state index contributed by atoms with van der Waals surface area (Å²) < 4.78 is 6.65. The van der Waals surface area contributed by atoms with E-state index in [2.05, 4.69) is 0 Å². The standard InChI is InChI=1S/C23H29N3O4/c1-5-24(2)21(27)16-9-8-10-17(15-16)22(28)26-14-7-6-11-19(26)18-12-13-20(25(18)3)23(29)30-4/h8-10,12-13,15,19H,5-7,11,14H2,1-4H3. The van der Waals surface area contributed by atoms with Crippen LogP contribution in [-0.2, 0) is 11.8 Å². The molecule has 0 spiro atoms. The summed E-state index contributed by atoms with van der Waals surface area (Å²) in [7, 11) is 4.92. The number of rotatable bonds is 5. The van der Waals surface area contributed by atoms with Gasteiger partial charge in [-0.2, -0.15) is 0 Å². The van der Waals surface area contributed by atoms with Gasteiger partial charge < -0.3 is 19.1 Å². The van der Waals surface area contributed by atoms with Crippen LogP contribution in [-0.4, -0.2) is 59.4 Å². The van der Waals surface area contributed by atoms with E-state index in [0.717, 1.165) is 25.0 Å². The Morgan fingerprint density at radius 3 is 2.57 bits per heavy atom. The minimum Gasteiger partial charge on any atom is -0.464 e. The highest BCUT2D eigenvalue weighted by molar-refractivity contribution is 5.99. The fourth-order valence-electron chi connectivity index (χ4n) is 3.97. The molecule has 7 heteroatoms. The molecule has 3 rings (SSSR count). The molecule has 0 bridgehead atoms. The molecule has 7 nitrogen and oxygen atoms in total. The number of likely N-dealkylation sites (tertiary alicyclic amines) is 1. The summed E-state index contributed by atoms with van der Waals surface area (Å²) in [4.78, 5) is 41.4. The normalized spacial score (nSPS) is 16.3. The zero-order valence-corrected chi connectivity index (χ0v) is 18.1. The molecule has 1 unspecified atom stereocenters. The maximum atomic E-state index is 13.4. The number of ether oxygens (including phenoxy) is 1. The smallest absolute Gasteiger partial charge is 0.354 e. The van der Waals surface area contributed by atoms with Crippen molar-refractivity contribution in [3.05, 3.63) is 58.9 Å². The first kappa shape index (κ1) is 21.6. The van der Waals surface area contributed by atoms with Gasteiger partial charge in [0, 0.05) is 44.0 Å². The summed E-state index contributed by atoms with van der Waals surface area (Å²) in [6.45, 7) is 3.14. The SMILES string of the molecule is CCN(C)C(=O)c1cccc(C(=O)N2CCCCC2c2ccc(C(=O)OC)n2C)c1. The van der Waals surface area contributed by atoms with Crippen molar-refractivity contribution in [2.45, 2.75) is 32.2 Å².